The van der Waals surface area contributed by atoms with Gasteiger partial charge in [0, 0.05) is 11.0 Å². The van der Waals surface area contributed by atoms with Gasteiger partial charge in [0.05, 0.1) is 5.41 Å². The van der Waals surface area contributed by atoms with Crippen LogP contribution in [-0.4, -0.2) is 29.1 Å². The molecule has 1 aromatic rings. The number of carboxylic acids is 1. The SMILES string of the molecule is Cc1ccc(CN2CCC(C)(C(=O)O)CC2)c(Br)c1. The Morgan fingerprint density at radius 3 is 2.58 bits per heavy atom. The molecule has 0 radical (unpaired) electrons. The summed E-state index contributed by atoms with van der Waals surface area (Å²) in [6.07, 6.45) is 1.46. The van der Waals surface area contributed by atoms with E-state index >= 15 is 0 Å². The van der Waals surface area contributed by atoms with E-state index in [4.69, 9.17) is 0 Å². The molecule has 1 N–H and O–H groups in total. The molecule has 4 heteroatoms. The lowest BCUT2D eigenvalue weighted by atomic mass is 9.80. The van der Waals surface area contributed by atoms with E-state index in [9.17, 15) is 9.90 Å². The first-order valence-corrected chi connectivity index (χ1v) is 7.41. The molecule has 1 saturated heterocycles. The number of benzene rings is 1. The molecule has 1 heterocycles. The van der Waals surface area contributed by atoms with Gasteiger partial charge < -0.3 is 5.11 Å². The molecule has 1 fully saturated rings. The maximum atomic E-state index is 11.2. The zero-order valence-electron chi connectivity index (χ0n) is 11.4. The number of hydrogen-bond acceptors (Lipinski definition) is 2. The van der Waals surface area contributed by atoms with Gasteiger partial charge in [-0.15, -0.1) is 0 Å². The third-order valence-corrected chi connectivity index (χ3v) is 4.82. The third-order valence-electron chi connectivity index (χ3n) is 4.08. The molecule has 0 bridgehead atoms. The minimum absolute atomic E-state index is 0.541. The molecule has 0 spiro atoms. The van der Waals surface area contributed by atoms with Crippen LogP contribution in [0, 0.1) is 12.3 Å². The molecule has 3 nitrogen and oxygen atoms in total. The number of hydrogen-bond donors (Lipinski definition) is 1. The lowest BCUT2D eigenvalue weighted by molar-refractivity contribution is -0.150. The van der Waals surface area contributed by atoms with Gasteiger partial charge in [0.1, 0.15) is 0 Å². The molecule has 104 valence electrons. The highest BCUT2D eigenvalue weighted by molar-refractivity contribution is 9.10. The summed E-state index contributed by atoms with van der Waals surface area (Å²) in [5.41, 5.74) is 1.97. The van der Waals surface area contributed by atoms with Gasteiger partial charge in [0.15, 0.2) is 0 Å². The fourth-order valence-electron chi connectivity index (χ4n) is 2.44. The van der Waals surface area contributed by atoms with Crippen LogP contribution in [0.5, 0.6) is 0 Å². The molecule has 0 amide bonds. The van der Waals surface area contributed by atoms with Crippen molar-refractivity contribution in [2.24, 2.45) is 5.41 Å². The molecular weight excluding hydrogens is 306 g/mol. The van der Waals surface area contributed by atoms with Crippen molar-refractivity contribution in [1.82, 2.24) is 4.90 Å². The van der Waals surface area contributed by atoms with E-state index in [2.05, 4.69) is 46.0 Å². The minimum Gasteiger partial charge on any atom is -0.481 e. The Hall–Kier alpha value is -0.870. The van der Waals surface area contributed by atoms with Crippen molar-refractivity contribution in [3.63, 3.8) is 0 Å². The summed E-state index contributed by atoms with van der Waals surface area (Å²) >= 11 is 3.60. The smallest absolute Gasteiger partial charge is 0.309 e. The van der Waals surface area contributed by atoms with E-state index in [-0.39, 0.29) is 0 Å². The predicted octanol–water partition coefficient (Wildman–Crippen LogP) is 3.44. The van der Waals surface area contributed by atoms with Crippen molar-refractivity contribution in [1.29, 1.82) is 0 Å². The Morgan fingerprint density at radius 2 is 2.05 bits per heavy atom. The molecular formula is C15H20BrNO2. The van der Waals surface area contributed by atoms with Crippen LogP contribution in [0.3, 0.4) is 0 Å². The molecule has 2 rings (SSSR count). The third kappa shape index (κ3) is 3.37. The molecule has 0 aliphatic carbocycles. The van der Waals surface area contributed by atoms with Gasteiger partial charge in [-0.05, 0) is 57.0 Å². The highest BCUT2D eigenvalue weighted by atomic mass is 79.9. The topological polar surface area (TPSA) is 40.5 Å². The van der Waals surface area contributed by atoms with E-state index in [0.717, 1.165) is 36.9 Å². The number of aryl methyl sites for hydroxylation is 1. The number of nitrogens with zero attached hydrogens (tertiary/aromatic N) is 1. The Labute approximate surface area is 122 Å². The normalized spacial score (nSPS) is 19.3. The zero-order chi connectivity index (χ0) is 14.0. The molecule has 0 aromatic heterocycles. The van der Waals surface area contributed by atoms with Crippen molar-refractivity contribution < 1.29 is 9.90 Å². The number of carboxylic acid groups (broad SMARTS) is 1. The molecule has 1 aromatic carbocycles. The molecule has 1 aliphatic heterocycles. The number of likely N-dealkylation sites (tertiary alicyclic amines) is 1. The van der Waals surface area contributed by atoms with Crippen molar-refractivity contribution in [2.75, 3.05) is 13.1 Å². The Bertz CT molecular complexity index is 479. The average Bonchev–Trinajstić information content (AvgIpc) is 2.35. The average molecular weight is 326 g/mol. The van der Waals surface area contributed by atoms with E-state index in [1.54, 1.807) is 0 Å². The van der Waals surface area contributed by atoms with Crippen LogP contribution in [0.4, 0.5) is 0 Å². The van der Waals surface area contributed by atoms with E-state index in [0.29, 0.717) is 0 Å². The first-order chi connectivity index (χ1) is 8.90. The van der Waals surface area contributed by atoms with Crippen molar-refractivity contribution in [2.45, 2.75) is 33.2 Å². The number of rotatable bonds is 3. The standard InChI is InChI=1S/C15H20BrNO2/c1-11-3-4-12(13(16)9-11)10-17-7-5-15(2,6-8-17)14(18)19/h3-4,9H,5-8,10H2,1-2H3,(H,18,19). The number of piperidine rings is 1. The maximum absolute atomic E-state index is 11.2. The number of halogens is 1. The lowest BCUT2D eigenvalue weighted by Gasteiger charge is -2.36. The zero-order valence-corrected chi connectivity index (χ0v) is 13.0. The summed E-state index contributed by atoms with van der Waals surface area (Å²) in [6.45, 7) is 6.52. The van der Waals surface area contributed by atoms with Gasteiger partial charge in [0.25, 0.3) is 0 Å². The Kier molecular flexibility index (Phi) is 4.31. The van der Waals surface area contributed by atoms with Gasteiger partial charge in [-0.2, -0.15) is 0 Å². The maximum Gasteiger partial charge on any atom is 0.309 e. The highest BCUT2D eigenvalue weighted by Gasteiger charge is 2.36. The molecule has 0 unspecified atom stereocenters. The Morgan fingerprint density at radius 1 is 1.42 bits per heavy atom. The first kappa shape index (κ1) is 14.5. The van der Waals surface area contributed by atoms with Crippen molar-refractivity contribution in [3.8, 4) is 0 Å². The fraction of sp³-hybridized carbons (Fsp3) is 0.533. The molecule has 0 saturated carbocycles. The van der Waals surface area contributed by atoms with E-state index in [1.165, 1.54) is 11.1 Å². The summed E-state index contributed by atoms with van der Waals surface area (Å²) < 4.78 is 1.14. The monoisotopic (exact) mass is 325 g/mol. The summed E-state index contributed by atoms with van der Waals surface area (Å²) in [5.74, 6) is -0.663. The lowest BCUT2D eigenvalue weighted by Crippen LogP contribution is -2.42. The van der Waals surface area contributed by atoms with Gasteiger partial charge in [-0.1, -0.05) is 28.1 Å². The van der Waals surface area contributed by atoms with Crippen molar-refractivity contribution >= 4 is 21.9 Å². The fourth-order valence-corrected chi connectivity index (χ4v) is 3.06. The summed E-state index contributed by atoms with van der Waals surface area (Å²) in [6, 6.07) is 6.39. The van der Waals surface area contributed by atoms with Gasteiger partial charge in [-0.3, -0.25) is 9.69 Å². The minimum atomic E-state index is -0.663. The summed E-state index contributed by atoms with van der Waals surface area (Å²) in [5, 5.41) is 9.22. The molecule has 1 aliphatic rings. The quantitative estimate of drug-likeness (QED) is 0.925. The second-order valence-electron chi connectivity index (χ2n) is 5.74. The van der Waals surface area contributed by atoms with Crippen LogP contribution >= 0.6 is 15.9 Å². The number of carbonyl (C=O) groups is 1. The summed E-state index contributed by atoms with van der Waals surface area (Å²) in [7, 11) is 0. The van der Waals surface area contributed by atoms with Crippen LogP contribution < -0.4 is 0 Å². The molecule has 19 heavy (non-hydrogen) atoms. The predicted molar refractivity (Wildman–Crippen MR) is 79.1 cm³/mol. The van der Waals surface area contributed by atoms with Crippen molar-refractivity contribution in [3.05, 3.63) is 33.8 Å². The second-order valence-corrected chi connectivity index (χ2v) is 6.59. The Balaban J connectivity index is 1.98. The van der Waals surface area contributed by atoms with E-state index in [1.807, 2.05) is 6.92 Å². The van der Waals surface area contributed by atoms with E-state index < -0.39 is 11.4 Å². The van der Waals surface area contributed by atoms with Gasteiger partial charge in [-0.25, -0.2) is 0 Å². The van der Waals surface area contributed by atoms with Gasteiger partial charge >= 0.3 is 5.97 Å². The first-order valence-electron chi connectivity index (χ1n) is 6.61. The van der Waals surface area contributed by atoms with Crippen LogP contribution in [0.2, 0.25) is 0 Å². The largest absolute Gasteiger partial charge is 0.481 e. The van der Waals surface area contributed by atoms with Crippen LogP contribution in [0.15, 0.2) is 22.7 Å². The second kappa shape index (κ2) is 5.63. The number of aliphatic carboxylic acids is 1. The van der Waals surface area contributed by atoms with Crippen LogP contribution in [0.25, 0.3) is 0 Å². The highest BCUT2D eigenvalue weighted by Crippen LogP contribution is 2.32. The summed E-state index contributed by atoms with van der Waals surface area (Å²) in [4.78, 5) is 13.5. The van der Waals surface area contributed by atoms with Crippen LogP contribution in [0.1, 0.15) is 30.9 Å². The van der Waals surface area contributed by atoms with Gasteiger partial charge in [0.2, 0.25) is 0 Å². The van der Waals surface area contributed by atoms with Crippen LogP contribution in [-0.2, 0) is 11.3 Å². The molecule has 0 atom stereocenters.